The van der Waals surface area contributed by atoms with E-state index in [1.165, 1.54) is 36.2 Å². The first-order valence-corrected chi connectivity index (χ1v) is 6.96. The molecule has 0 saturated heterocycles. The predicted molar refractivity (Wildman–Crippen MR) is 68.4 cm³/mol. The van der Waals surface area contributed by atoms with E-state index in [1.54, 1.807) is 0 Å². The Morgan fingerprint density at radius 3 is 2.73 bits per heavy atom. The molecule has 0 radical (unpaired) electrons. The Hall–Kier alpha value is 0.240. The quantitative estimate of drug-likeness (QED) is 0.854. The molecule has 0 atom stereocenters. The summed E-state index contributed by atoms with van der Waals surface area (Å²) in [6.07, 6.45) is 3.60. The second-order valence-electron chi connectivity index (χ2n) is 4.10. The number of nitrogens with one attached hydrogen (secondary N) is 1. The molecule has 1 aromatic heterocycles. The van der Waals surface area contributed by atoms with Crippen molar-refractivity contribution in [1.29, 1.82) is 0 Å². The van der Waals surface area contributed by atoms with Gasteiger partial charge in [-0.3, -0.25) is 0 Å². The molecule has 0 unspecified atom stereocenters. The van der Waals surface area contributed by atoms with Crippen molar-refractivity contribution >= 4 is 34.5 Å². The van der Waals surface area contributed by atoms with Gasteiger partial charge in [0.05, 0.1) is 8.67 Å². The van der Waals surface area contributed by atoms with E-state index in [1.807, 2.05) is 6.07 Å². The molecule has 0 amide bonds. The van der Waals surface area contributed by atoms with Crippen LogP contribution in [0.4, 0.5) is 0 Å². The highest BCUT2D eigenvalue weighted by molar-refractivity contribution is 7.20. The second kappa shape index (κ2) is 5.05. The van der Waals surface area contributed by atoms with Gasteiger partial charge >= 0.3 is 0 Å². The molecule has 1 N–H and O–H groups in total. The van der Waals surface area contributed by atoms with Gasteiger partial charge in [0.2, 0.25) is 0 Å². The Labute approximate surface area is 105 Å². The molecule has 4 heteroatoms. The fraction of sp³-hybridized carbons (Fsp3) is 0.636. The van der Waals surface area contributed by atoms with Crippen LogP contribution in [-0.2, 0) is 0 Å². The lowest BCUT2D eigenvalue weighted by molar-refractivity contribution is 0.292. The van der Waals surface area contributed by atoms with Crippen LogP contribution in [0, 0.1) is 0 Å². The van der Waals surface area contributed by atoms with Gasteiger partial charge < -0.3 is 5.32 Å². The highest BCUT2D eigenvalue weighted by Gasteiger charge is 2.31. The van der Waals surface area contributed by atoms with E-state index in [0.717, 1.165) is 15.2 Å². The van der Waals surface area contributed by atoms with Gasteiger partial charge in [0.15, 0.2) is 0 Å². The van der Waals surface area contributed by atoms with Crippen LogP contribution < -0.4 is 5.32 Å². The Balaban J connectivity index is 1.86. The van der Waals surface area contributed by atoms with Crippen LogP contribution in [0.3, 0.4) is 0 Å². The van der Waals surface area contributed by atoms with Crippen LogP contribution in [0.25, 0.3) is 0 Å². The molecule has 1 fully saturated rings. The lowest BCUT2D eigenvalue weighted by Crippen LogP contribution is -2.40. The summed E-state index contributed by atoms with van der Waals surface area (Å²) in [5.74, 6) is 0.621. The number of hydrogen-bond donors (Lipinski definition) is 1. The van der Waals surface area contributed by atoms with E-state index in [-0.39, 0.29) is 0 Å². The van der Waals surface area contributed by atoms with E-state index in [9.17, 15) is 0 Å². The van der Waals surface area contributed by atoms with Gasteiger partial charge in [0, 0.05) is 6.04 Å². The molecular formula is C11H15Cl2NS. The summed E-state index contributed by atoms with van der Waals surface area (Å²) in [4.78, 5) is 0. The van der Waals surface area contributed by atoms with Gasteiger partial charge in [-0.25, -0.2) is 0 Å². The summed E-state index contributed by atoms with van der Waals surface area (Å²) in [7, 11) is 0. The Morgan fingerprint density at radius 2 is 2.20 bits per heavy atom. The molecule has 84 valence electrons. The van der Waals surface area contributed by atoms with Gasteiger partial charge in [0.25, 0.3) is 0 Å². The summed E-state index contributed by atoms with van der Waals surface area (Å²) >= 11 is 13.5. The molecule has 2 rings (SSSR count). The first kappa shape index (κ1) is 11.7. The highest BCUT2D eigenvalue weighted by atomic mass is 35.5. The van der Waals surface area contributed by atoms with Crippen molar-refractivity contribution in [1.82, 2.24) is 5.32 Å². The maximum absolute atomic E-state index is 6.12. The molecular weight excluding hydrogens is 249 g/mol. The van der Waals surface area contributed by atoms with Crippen molar-refractivity contribution in [2.45, 2.75) is 38.1 Å². The third kappa shape index (κ3) is 2.68. The Kier molecular flexibility index (Phi) is 3.94. The molecule has 1 aromatic rings. The van der Waals surface area contributed by atoms with Crippen LogP contribution >= 0.6 is 34.5 Å². The Morgan fingerprint density at radius 1 is 1.47 bits per heavy atom. The maximum Gasteiger partial charge on any atom is 0.0978 e. The second-order valence-corrected chi connectivity index (χ2v) is 6.38. The van der Waals surface area contributed by atoms with Crippen molar-refractivity contribution in [3.05, 3.63) is 20.3 Å². The van der Waals surface area contributed by atoms with Crippen LogP contribution in [0.15, 0.2) is 6.07 Å². The van der Waals surface area contributed by atoms with E-state index in [0.29, 0.717) is 12.0 Å². The molecule has 0 aliphatic heterocycles. The van der Waals surface area contributed by atoms with E-state index >= 15 is 0 Å². The zero-order valence-electron chi connectivity index (χ0n) is 8.72. The Bertz CT molecular complexity index is 331. The fourth-order valence-corrected chi connectivity index (χ4v) is 3.64. The third-order valence-electron chi connectivity index (χ3n) is 2.94. The van der Waals surface area contributed by atoms with Gasteiger partial charge in [-0.15, -0.1) is 11.3 Å². The lowest BCUT2D eigenvalue weighted by Gasteiger charge is -2.36. The standard InChI is InChI=1S/C11H15Cl2NS/c1-2-3-14-8-4-7(5-8)9-6-10(12)15-11(9)13/h6-8,14H,2-5H2,1H3. The first-order valence-electron chi connectivity index (χ1n) is 5.38. The average molecular weight is 264 g/mol. The topological polar surface area (TPSA) is 12.0 Å². The van der Waals surface area contributed by atoms with Crippen molar-refractivity contribution < 1.29 is 0 Å². The minimum Gasteiger partial charge on any atom is -0.314 e. The van der Waals surface area contributed by atoms with E-state index in [2.05, 4.69) is 12.2 Å². The fourth-order valence-electron chi connectivity index (χ4n) is 2.02. The number of rotatable bonds is 4. The van der Waals surface area contributed by atoms with Crippen LogP contribution in [0.1, 0.15) is 37.7 Å². The largest absolute Gasteiger partial charge is 0.314 e. The molecule has 1 aliphatic rings. The molecule has 1 saturated carbocycles. The van der Waals surface area contributed by atoms with Crippen molar-refractivity contribution in [3.63, 3.8) is 0 Å². The molecule has 0 spiro atoms. The molecule has 15 heavy (non-hydrogen) atoms. The monoisotopic (exact) mass is 263 g/mol. The predicted octanol–water partition coefficient (Wildman–Crippen LogP) is 4.30. The van der Waals surface area contributed by atoms with Gasteiger partial charge in [-0.2, -0.15) is 0 Å². The summed E-state index contributed by atoms with van der Waals surface area (Å²) in [6.45, 7) is 3.31. The van der Waals surface area contributed by atoms with Gasteiger partial charge in [0.1, 0.15) is 0 Å². The minimum absolute atomic E-state index is 0.621. The molecule has 1 aliphatic carbocycles. The van der Waals surface area contributed by atoms with E-state index in [4.69, 9.17) is 23.2 Å². The molecule has 0 bridgehead atoms. The van der Waals surface area contributed by atoms with Crippen molar-refractivity contribution in [3.8, 4) is 0 Å². The van der Waals surface area contributed by atoms with Gasteiger partial charge in [-0.1, -0.05) is 30.1 Å². The summed E-state index contributed by atoms with van der Waals surface area (Å²) in [6, 6.07) is 2.71. The highest BCUT2D eigenvalue weighted by Crippen LogP contribution is 2.44. The average Bonchev–Trinajstić information content (AvgIpc) is 2.43. The molecule has 0 aromatic carbocycles. The number of hydrogen-bond acceptors (Lipinski definition) is 2. The SMILES string of the molecule is CCCNC1CC(c2cc(Cl)sc2Cl)C1. The zero-order valence-corrected chi connectivity index (χ0v) is 11.1. The summed E-state index contributed by atoms with van der Waals surface area (Å²) in [5.41, 5.74) is 1.25. The first-order chi connectivity index (χ1) is 7.20. The lowest BCUT2D eigenvalue weighted by atomic mass is 9.77. The normalized spacial score (nSPS) is 25.3. The van der Waals surface area contributed by atoms with Crippen LogP contribution in [-0.4, -0.2) is 12.6 Å². The van der Waals surface area contributed by atoms with Crippen LogP contribution in [0.2, 0.25) is 8.67 Å². The zero-order chi connectivity index (χ0) is 10.8. The minimum atomic E-state index is 0.621. The number of thiophene rings is 1. The summed E-state index contributed by atoms with van der Waals surface area (Å²) in [5, 5.41) is 3.52. The summed E-state index contributed by atoms with van der Waals surface area (Å²) < 4.78 is 1.68. The molecule has 1 heterocycles. The van der Waals surface area contributed by atoms with E-state index < -0.39 is 0 Å². The van der Waals surface area contributed by atoms with Gasteiger partial charge in [-0.05, 0) is 43.4 Å². The van der Waals surface area contributed by atoms with Crippen molar-refractivity contribution in [2.24, 2.45) is 0 Å². The van der Waals surface area contributed by atoms with Crippen molar-refractivity contribution in [2.75, 3.05) is 6.54 Å². The molecule has 1 nitrogen and oxygen atoms in total. The maximum atomic E-state index is 6.12. The third-order valence-corrected chi connectivity index (χ3v) is 4.46. The number of halogens is 2. The van der Waals surface area contributed by atoms with Crippen LogP contribution in [0.5, 0.6) is 0 Å². The smallest absolute Gasteiger partial charge is 0.0978 e.